The van der Waals surface area contributed by atoms with Crippen LogP contribution in [0.1, 0.15) is 19.2 Å². The summed E-state index contributed by atoms with van der Waals surface area (Å²) >= 11 is 5.67. The second kappa shape index (κ2) is 4.75. The third-order valence-electron chi connectivity index (χ3n) is 2.52. The summed E-state index contributed by atoms with van der Waals surface area (Å²) in [7, 11) is 0. The van der Waals surface area contributed by atoms with Crippen molar-refractivity contribution in [3.8, 4) is 5.69 Å². The molecule has 0 spiro atoms. The van der Waals surface area contributed by atoms with Gasteiger partial charge in [-0.3, -0.25) is 0 Å². The van der Waals surface area contributed by atoms with Crippen LogP contribution >= 0.6 is 11.6 Å². The lowest BCUT2D eigenvalue weighted by atomic mass is 10.2. The zero-order chi connectivity index (χ0) is 12.4. The number of nitrogens with zero attached hydrogens (tertiary/aromatic N) is 2. The molecule has 2 aromatic rings. The SMILES string of the molecule is CCCc1nccn1-c1cc(F)c(Cl)cc1N. The maximum Gasteiger partial charge on any atom is 0.144 e. The van der Waals surface area contributed by atoms with E-state index in [1.807, 2.05) is 0 Å². The number of hydrogen-bond donors (Lipinski definition) is 1. The summed E-state index contributed by atoms with van der Waals surface area (Å²) in [5.74, 6) is 0.382. The number of aromatic nitrogens is 2. The van der Waals surface area contributed by atoms with Crippen LogP contribution in [-0.4, -0.2) is 9.55 Å². The van der Waals surface area contributed by atoms with Gasteiger partial charge in [0.15, 0.2) is 0 Å². The number of imidazole rings is 1. The quantitative estimate of drug-likeness (QED) is 0.854. The van der Waals surface area contributed by atoms with E-state index in [0.29, 0.717) is 11.4 Å². The van der Waals surface area contributed by atoms with E-state index < -0.39 is 5.82 Å². The molecule has 2 N–H and O–H groups in total. The Hall–Kier alpha value is -1.55. The molecule has 17 heavy (non-hydrogen) atoms. The smallest absolute Gasteiger partial charge is 0.144 e. The van der Waals surface area contributed by atoms with Crippen LogP contribution in [0.25, 0.3) is 5.69 Å². The van der Waals surface area contributed by atoms with Crippen molar-refractivity contribution in [2.45, 2.75) is 19.8 Å². The Morgan fingerprint density at radius 2 is 2.24 bits per heavy atom. The van der Waals surface area contributed by atoms with Crippen LogP contribution < -0.4 is 5.73 Å². The van der Waals surface area contributed by atoms with Crippen molar-refractivity contribution in [3.05, 3.63) is 41.2 Å². The molecule has 0 fully saturated rings. The number of rotatable bonds is 3. The zero-order valence-corrected chi connectivity index (χ0v) is 10.2. The van der Waals surface area contributed by atoms with Crippen molar-refractivity contribution in [2.75, 3.05) is 5.73 Å². The van der Waals surface area contributed by atoms with Crippen LogP contribution in [0.15, 0.2) is 24.5 Å². The number of benzene rings is 1. The summed E-state index contributed by atoms with van der Waals surface area (Å²) in [5, 5.41) is 0.0309. The Balaban J connectivity index is 2.52. The van der Waals surface area contributed by atoms with Crippen molar-refractivity contribution in [3.63, 3.8) is 0 Å². The molecule has 3 nitrogen and oxygen atoms in total. The van der Waals surface area contributed by atoms with Crippen molar-refractivity contribution in [2.24, 2.45) is 0 Å². The van der Waals surface area contributed by atoms with Gasteiger partial charge in [-0.1, -0.05) is 18.5 Å². The van der Waals surface area contributed by atoms with Crippen molar-refractivity contribution in [1.29, 1.82) is 0 Å². The molecule has 0 aliphatic rings. The van der Waals surface area contributed by atoms with Gasteiger partial charge in [-0.05, 0) is 12.5 Å². The molecule has 0 aliphatic carbocycles. The lowest BCUT2D eigenvalue weighted by Gasteiger charge is -2.11. The first kappa shape index (κ1) is 11.9. The predicted molar refractivity (Wildman–Crippen MR) is 66.9 cm³/mol. The Bertz CT molecular complexity index is 537. The minimum absolute atomic E-state index is 0.0309. The molecule has 1 heterocycles. The summed E-state index contributed by atoms with van der Waals surface area (Å²) in [4.78, 5) is 4.23. The fraction of sp³-hybridized carbons (Fsp3) is 0.250. The van der Waals surface area contributed by atoms with Crippen molar-refractivity contribution < 1.29 is 4.39 Å². The second-order valence-electron chi connectivity index (χ2n) is 3.79. The highest BCUT2D eigenvalue weighted by atomic mass is 35.5. The minimum Gasteiger partial charge on any atom is -0.397 e. The highest BCUT2D eigenvalue weighted by molar-refractivity contribution is 6.31. The fourth-order valence-corrected chi connectivity index (χ4v) is 1.89. The molecule has 1 aromatic heterocycles. The van der Waals surface area contributed by atoms with E-state index in [1.165, 1.54) is 12.1 Å². The largest absolute Gasteiger partial charge is 0.397 e. The molecular weight excluding hydrogens is 241 g/mol. The lowest BCUT2D eigenvalue weighted by molar-refractivity contribution is 0.626. The first-order valence-electron chi connectivity index (χ1n) is 5.40. The van der Waals surface area contributed by atoms with Gasteiger partial charge in [0, 0.05) is 24.9 Å². The number of aryl methyl sites for hydroxylation is 1. The Labute approximate surface area is 104 Å². The van der Waals surface area contributed by atoms with E-state index >= 15 is 0 Å². The van der Waals surface area contributed by atoms with Gasteiger partial charge in [0.1, 0.15) is 11.6 Å². The maximum atomic E-state index is 13.4. The van der Waals surface area contributed by atoms with Gasteiger partial charge < -0.3 is 10.3 Å². The molecule has 0 saturated carbocycles. The highest BCUT2D eigenvalue weighted by Gasteiger charge is 2.11. The number of anilines is 1. The lowest BCUT2D eigenvalue weighted by Crippen LogP contribution is -2.04. The first-order valence-corrected chi connectivity index (χ1v) is 5.78. The van der Waals surface area contributed by atoms with Crippen LogP contribution in [0.2, 0.25) is 5.02 Å². The molecule has 0 atom stereocenters. The molecule has 0 amide bonds. The molecule has 0 saturated heterocycles. The first-order chi connectivity index (χ1) is 8.13. The molecule has 2 rings (SSSR count). The van der Waals surface area contributed by atoms with Gasteiger partial charge in [0.2, 0.25) is 0 Å². The summed E-state index contributed by atoms with van der Waals surface area (Å²) in [6.07, 6.45) is 5.23. The van der Waals surface area contributed by atoms with Gasteiger partial charge in [-0.25, -0.2) is 9.37 Å². The van der Waals surface area contributed by atoms with Crippen LogP contribution in [0, 0.1) is 5.82 Å². The van der Waals surface area contributed by atoms with Gasteiger partial charge in [0.05, 0.1) is 16.4 Å². The van der Waals surface area contributed by atoms with E-state index in [4.69, 9.17) is 17.3 Å². The molecule has 0 aliphatic heterocycles. The van der Waals surface area contributed by atoms with E-state index in [9.17, 15) is 4.39 Å². The van der Waals surface area contributed by atoms with E-state index in [-0.39, 0.29) is 5.02 Å². The summed E-state index contributed by atoms with van der Waals surface area (Å²) in [6.45, 7) is 2.06. The zero-order valence-electron chi connectivity index (χ0n) is 9.45. The number of hydrogen-bond acceptors (Lipinski definition) is 2. The number of nitrogen functional groups attached to an aromatic ring is 1. The fourth-order valence-electron chi connectivity index (χ4n) is 1.72. The van der Waals surface area contributed by atoms with Gasteiger partial charge in [-0.2, -0.15) is 0 Å². The van der Waals surface area contributed by atoms with Crippen LogP contribution in [-0.2, 0) is 6.42 Å². The second-order valence-corrected chi connectivity index (χ2v) is 4.20. The van der Waals surface area contributed by atoms with E-state index in [2.05, 4.69) is 11.9 Å². The Morgan fingerprint density at radius 1 is 1.47 bits per heavy atom. The molecule has 1 aromatic carbocycles. The summed E-state index contributed by atoms with van der Waals surface area (Å²) in [5.41, 5.74) is 6.86. The molecule has 0 radical (unpaired) electrons. The molecule has 0 bridgehead atoms. The predicted octanol–water partition coefficient (Wildman–Crippen LogP) is 3.20. The van der Waals surface area contributed by atoms with Crippen molar-refractivity contribution in [1.82, 2.24) is 9.55 Å². The van der Waals surface area contributed by atoms with Gasteiger partial charge in [-0.15, -0.1) is 0 Å². The van der Waals surface area contributed by atoms with Crippen LogP contribution in [0.5, 0.6) is 0 Å². The molecule has 90 valence electrons. The molecular formula is C12H13ClFN3. The van der Waals surface area contributed by atoms with E-state index in [0.717, 1.165) is 18.7 Å². The standard InChI is InChI=1S/C12H13ClFN3/c1-2-3-12-16-4-5-17(12)11-7-9(14)8(13)6-10(11)15/h4-7H,2-3,15H2,1H3. The average molecular weight is 254 g/mol. The third-order valence-corrected chi connectivity index (χ3v) is 2.81. The molecule has 0 unspecified atom stereocenters. The van der Waals surface area contributed by atoms with Gasteiger partial charge in [0.25, 0.3) is 0 Å². The van der Waals surface area contributed by atoms with Crippen LogP contribution in [0.4, 0.5) is 10.1 Å². The Kier molecular flexibility index (Phi) is 3.33. The van der Waals surface area contributed by atoms with Crippen LogP contribution in [0.3, 0.4) is 0 Å². The molecule has 5 heteroatoms. The van der Waals surface area contributed by atoms with Gasteiger partial charge >= 0.3 is 0 Å². The number of nitrogens with two attached hydrogens (primary N) is 1. The number of halogens is 2. The maximum absolute atomic E-state index is 13.4. The topological polar surface area (TPSA) is 43.8 Å². The monoisotopic (exact) mass is 253 g/mol. The average Bonchev–Trinajstić information content (AvgIpc) is 2.72. The highest BCUT2D eigenvalue weighted by Crippen LogP contribution is 2.26. The third kappa shape index (κ3) is 2.26. The Morgan fingerprint density at radius 3 is 2.94 bits per heavy atom. The summed E-state index contributed by atoms with van der Waals surface area (Å²) < 4.78 is 15.2. The van der Waals surface area contributed by atoms with Crippen molar-refractivity contribution >= 4 is 17.3 Å². The minimum atomic E-state index is -0.480. The normalized spacial score (nSPS) is 10.8. The van der Waals surface area contributed by atoms with E-state index in [1.54, 1.807) is 17.0 Å². The summed E-state index contributed by atoms with van der Waals surface area (Å²) in [6, 6.07) is 2.75.